The third kappa shape index (κ3) is 4.17. The molecule has 0 aliphatic carbocycles. The fraction of sp³-hybridized carbons (Fsp3) is 0.333. The molecular weight excluding hydrogens is 361 g/mol. The Morgan fingerprint density at radius 3 is 2.68 bits per heavy atom. The fourth-order valence-electron chi connectivity index (χ4n) is 2.98. The van der Waals surface area contributed by atoms with Crippen LogP contribution in [0.25, 0.3) is 11.3 Å². The van der Waals surface area contributed by atoms with Crippen molar-refractivity contribution in [1.29, 1.82) is 0 Å². The number of ketones is 1. The molecule has 1 unspecified atom stereocenters. The highest BCUT2D eigenvalue weighted by atomic mass is 35.5. The third-order valence-electron chi connectivity index (χ3n) is 4.37. The summed E-state index contributed by atoms with van der Waals surface area (Å²) in [5.74, 6) is 0.192. The van der Waals surface area contributed by atoms with Gasteiger partial charge in [0.1, 0.15) is 12.0 Å². The molecule has 5 nitrogen and oxygen atoms in total. The van der Waals surface area contributed by atoms with E-state index in [-0.39, 0.29) is 17.6 Å². The number of aromatic nitrogens is 2. The van der Waals surface area contributed by atoms with E-state index in [1.54, 1.807) is 36.1 Å². The molecule has 1 aliphatic rings. The van der Waals surface area contributed by atoms with E-state index >= 15 is 0 Å². The number of amides is 1. The van der Waals surface area contributed by atoms with E-state index in [1.807, 2.05) is 0 Å². The van der Waals surface area contributed by atoms with Gasteiger partial charge in [0.25, 0.3) is 0 Å². The van der Waals surface area contributed by atoms with Crippen LogP contribution in [0, 0.1) is 5.92 Å². The zero-order valence-electron chi connectivity index (χ0n) is 13.7. The Kier molecular flexibility index (Phi) is 5.35. The third-order valence-corrected chi connectivity index (χ3v) is 5.11. The van der Waals surface area contributed by atoms with Crippen molar-refractivity contribution in [3.05, 3.63) is 46.3 Å². The van der Waals surface area contributed by atoms with Gasteiger partial charge in [0, 0.05) is 32.0 Å². The summed E-state index contributed by atoms with van der Waals surface area (Å²) >= 11 is 12.0. The molecule has 1 aromatic heterocycles. The molecule has 1 aliphatic heterocycles. The van der Waals surface area contributed by atoms with Crippen molar-refractivity contribution >= 4 is 34.9 Å². The van der Waals surface area contributed by atoms with Crippen molar-refractivity contribution in [2.45, 2.75) is 19.8 Å². The minimum Gasteiger partial charge on any atom is -0.343 e. The molecule has 1 aromatic carbocycles. The number of halogens is 2. The van der Waals surface area contributed by atoms with Gasteiger partial charge in [-0.3, -0.25) is 9.59 Å². The van der Waals surface area contributed by atoms with Crippen LogP contribution >= 0.6 is 23.2 Å². The number of hydrogen-bond acceptors (Lipinski definition) is 4. The van der Waals surface area contributed by atoms with Gasteiger partial charge in [-0.25, -0.2) is 9.97 Å². The van der Waals surface area contributed by atoms with E-state index in [4.69, 9.17) is 23.2 Å². The van der Waals surface area contributed by atoms with Gasteiger partial charge >= 0.3 is 0 Å². The lowest BCUT2D eigenvalue weighted by Gasteiger charge is -2.13. The Hall–Kier alpha value is -1.98. The van der Waals surface area contributed by atoms with Gasteiger partial charge in [-0.2, -0.15) is 0 Å². The van der Waals surface area contributed by atoms with Gasteiger partial charge < -0.3 is 4.90 Å². The summed E-state index contributed by atoms with van der Waals surface area (Å²) in [5.41, 5.74) is 1.76. The first kappa shape index (κ1) is 17.8. The van der Waals surface area contributed by atoms with Crippen LogP contribution in [0.5, 0.6) is 0 Å². The lowest BCUT2D eigenvalue weighted by atomic mass is 9.99. The largest absolute Gasteiger partial charge is 0.343 e. The van der Waals surface area contributed by atoms with Crippen molar-refractivity contribution in [1.82, 2.24) is 14.9 Å². The van der Waals surface area contributed by atoms with Crippen LogP contribution in [0.3, 0.4) is 0 Å². The molecule has 0 bridgehead atoms. The molecule has 0 spiro atoms. The van der Waals surface area contributed by atoms with Crippen molar-refractivity contribution in [3.8, 4) is 11.3 Å². The fourth-order valence-corrected chi connectivity index (χ4v) is 3.27. The van der Waals surface area contributed by atoms with Crippen LogP contribution in [0.4, 0.5) is 0 Å². The van der Waals surface area contributed by atoms with Crippen LogP contribution in [0.15, 0.2) is 30.6 Å². The number of likely N-dealkylation sites (tertiary alicyclic amines) is 1. The zero-order valence-corrected chi connectivity index (χ0v) is 15.2. The van der Waals surface area contributed by atoms with Crippen LogP contribution in [0.1, 0.15) is 30.3 Å². The van der Waals surface area contributed by atoms with Gasteiger partial charge in [-0.1, -0.05) is 29.3 Å². The Morgan fingerprint density at radius 1 is 1.20 bits per heavy atom. The minimum atomic E-state index is -0.0425. The van der Waals surface area contributed by atoms with Crippen LogP contribution in [-0.2, 0) is 4.79 Å². The normalized spacial score (nSPS) is 16.9. The first-order valence-electron chi connectivity index (χ1n) is 8.00. The Bertz CT molecular complexity index is 826. The van der Waals surface area contributed by atoms with E-state index < -0.39 is 0 Å². The second kappa shape index (κ2) is 7.50. The topological polar surface area (TPSA) is 63.2 Å². The summed E-state index contributed by atoms with van der Waals surface area (Å²) in [6, 6.07) is 6.87. The van der Waals surface area contributed by atoms with E-state index in [0.29, 0.717) is 40.9 Å². The first-order chi connectivity index (χ1) is 11.9. The Labute approximate surface area is 156 Å². The molecule has 1 fully saturated rings. The van der Waals surface area contributed by atoms with Crippen LogP contribution in [-0.4, -0.2) is 39.6 Å². The highest BCUT2D eigenvalue weighted by Crippen LogP contribution is 2.28. The molecule has 130 valence electrons. The summed E-state index contributed by atoms with van der Waals surface area (Å²) in [5, 5.41) is 0.896. The maximum atomic E-state index is 12.5. The summed E-state index contributed by atoms with van der Waals surface area (Å²) in [6.07, 6.45) is 2.60. The molecule has 25 heavy (non-hydrogen) atoms. The monoisotopic (exact) mass is 377 g/mol. The molecule has 2 aromatic rings. The Balaban J connectivity index is 1.74. The average Bonchev–Trinajstić information content (AvgIpc) is 3.06. The smallest absolute Gasteiger partial charge is 0.219 e. The molecule has 2 heterocycles. The predicted octanol–water partition coefficient (Wildman–Crippen LogP) is 3.89. The lowest BCUT2D eigenvalue weighted by molar-refractivity contribution is -0.127. The maximum Gasteiger partial charge on any atom is 0.219 e. The number of hydrogen-bond donors (Lipinski definition) is 0. The van der Waals surface area contributed by atoms with Gasteiger partial charge in [0.15, 0.2) is 5.78 Å². The number of benzene rings is 1. The van der Waals surface area contributed by atoms with Gasteiger partial charge in [0.2, 0.25) is 5.91 Å². The van der Waals surface area contributed by atoms with Crippen molar-refractivity contribution in [3.63, 3.8) is 0 Å². The Morgan fingerprint density at radius 2 is 2.00 bits per heavy atom. The number of Topliss-reactive ketones (excluding diaryl/α,β-unsaturated/α-hetero) is 1. The summed E-state index contributed by atoms with van der Waals surface area (Å²) in [7, 11) is 0. The van der Waals surface area contributed by atoms with E-state index in [1.165, 1.54) is 6.33 Å². The molecule has 1 atom stereocenters. The molecule has 1 amide bonds. The quantitative estimate of drug-likeness (QED) is 0.758. The number of carbonyl (C=O) groups excluding carboxylic acids is 2. The van der Waals surface area contributed by atoms with Gasteiger partial charge in [-0.05, 0) is 30.5 Å². The second-order valence-electron chi connectivity index (χ2n) is 6.16. The maximum absolute atomic E-state index is 12.5. The summed E-state index contributed by atoms with van der Waals surface area (Å²) < 4.78 is 0. The minimum absolute atomic E-state index is 0.0425. The highest BCUT2D eigenvalue weighted by Gasteiger charge is 2.26. The predicted molar refractivity (Wildman–Crippen MR) is 96.8 cm³/mol. The summed E-state index contributed by atoms with van der Waals surface area (Å²) in [4.78, 5) is 34.0. The number of carbonyl (C=O) groups is 2. The average molecular weight is 378 g/mol. The summed E-state index contributed by atoms with van der Waals surface area (Å²) in [6.45, 7) is 2.90. The molecule has 0 N–H and O–H groups in total. The van der Waals surface area contributed by atoms with Crippen molar-refractivity contribution in [2.75, 3.05) is 13.1 Å². The van der Waals surface area contributed by atoms with E-state index in [0.717, 1.165) is 12.0 Å². The van der Waals surface area contributed by atoms with Gasteiger partial charge in [-0.15, -0.1) is 0 Å². The number of rotatable bonds is 4. The molecule has 0 saturated carbocycles. The SMILES string of the molecule is CC(=O)N1CCC(CC(=O)c2cc(-c3ccc(Cl)c(Cl)c3)ncn2)C1. The molecular formula is C18H17Cl2N3O2. The van der Waals surface area contributed by atoms with Crippen molar-refractivity contribution < 1.29 is 9.59 Å². The number of nitrogens with zero attached hydrogens (tertiary/aromatic N) is 3. The highest BCUT2D eigenvalue weighted by molar-refractivity contribution is 6.42. The first-order valence-corrected chi connectivity index (χ1v) is 8.76. The second-order valence-corrected chi connectivity index (χ2v) is 6.98. The lowest BCUT2D eigenvalue weighted by Crippen LogP contribution is -2.26. The van der Waals surface area contributed by atoms with Gasteiger partial charge in [0.05, 0.1) is 15.7 Å². The van der Waals surface area contributed by atoms with Crippen LogP contribution < -0.4 is 0 Å². The van der Waals surface area contributed by atoms with E-state index in [9.17, 15) is 9.59 Å². The molecule has 3 rings (SSSR count). The zero-order chi connectivity index (χ0) is 18.0. The molecule has 1 saturated heterocycles. The molecule has 7 heteroatoms. The van der Waals surface area contributed by atoms with E-state index in [2.05, 4.69) is 9.97 Å². The van der Waals surface area contributed by atoms with Crippen LogP contribution in [0.2, 0.25) is 10.0 Å². The van der Waals surface area contributed by atoms with Crippen molar-refractivity contribution in [2.24, 2.45) is 5.92 Å². The molecule has 0 radical (unpaired) electrons. The standard InChI is InChI=1S/C18H17Cl2N3O2/c1-11(24)23-5-4-12(9-23)6-18(25)17-8-16(21-10-22-17)13-2-3-14(19)15(20)7-13/h2-3,7-8,10,12H,4-6,9H2,1H3.